The Kier molecular flexibility index (Phi) is 5.25. The molecule has 3 heteroatoms. The van der Waals surface area contributed by atoms with Gasteiger partial charge in [-0.2, -0.15) is 0 Å². The number of esters is 1. The molecule has 3 nitrogen and oxygen atoms in total. The number of rotatable bonds is 5. The van der Waals surface area contributed by atoms with E-state index in [0.29, 0.717) is 11.5 Å². The van der Waals surface area contributed by atoms with Crippen LogP contribution in [0.25, 0.3) is 10.9 Å². The normalized spacial score (nSPS) is 15.6. The van der Waals surface area contributed by atoms with E-state index >= 15 is 0 Å². The van der Waals surface area contributed by atoms with Crippen LogP contribution >= 0.6 is 0 Å². The lowest BCUT2D eigenvalue weighted by Gasteiger charge is -2.25. The van der Waals surface area contributed by atoms with Crippen LogP contribution < -0.4 is 0 Å². The molecule has 0 saturated heterocycles. The van der Waals surface area contributed by atoms with Gasteiger partial charge in [0.2, 0.25) is 0 Å². The SMILES string of the molecule is CC(C)(OC(=O)c1cn(CC2CCCCC2)c2ccccc12)c1ccccc1. The predicted molar refractivity (Wildman–Crippen MR) is 113 cm³/mol. The number of carbonyl (C=O) groups excluding carboxylic acids is 1. The first-order chi connectivity index (χ1) is 13.5. The highest BCUT2D eigenvalue weighted by Crippen LogP contribution is 2.31. The highest BCUT2D eigenvalue weighted by atomic mass is 16.6. The van der Waals surface area contributed by atoms with Gasteiger partial charge in [0, 0.05) is 23.6 Å². The number of para-hydroxylation sites is 1. The third kappa shape index (κ3) is 3.84. The van der Waals surface area contributed by atoms with Gasteiger partial charge in [-0.15, -0.1) is 0 Å². The zero-order valence-corrected chi connectivity index (χ0v) is 16.9. The van der Waals surface area contributed by atoms with Gasteiger partial charge in [-0.05, 0) is 44.2 Å². The van der Waals surface area contributed by atoms with E-state index in [9.17, 15) is 4.79 Å². The van der Waals surface area contributed by atoms with Gasteiger partial charge in [0.25, 0.3) is 0 Å². The van der Waals surface area contributed by atoms with Crippen LogP contribution in [0.3, 0.4) is 0 Å². The fourth-order valence-electron chi connectivity index (χ4n) is 4.39. The molecule has 0 amide bonds. The number of fused-ring (bicyclic) bond motifs is 1. The summed E-state index contributed by atoms with van der Waals surface area (Å²) in [6, 6.07) is 18.1. The molecule has 0 bridgehead atoms. The Labute approximate surface area is 167 Å². The summed E-state index contributed by atoms with van der Waals surface area (Å²) < 4.78 is 8.23. The third-order valence-corrected chi connectivity index (χ3v) is 6.00. The maximum atomic E-state index is 13.1. The van der Waals surface area contributed by atoms with E-state index in [0.717, 1.165) is 23.0 Å². The van der Waals surface area contributed by atoms with Crippen molar-refractivity contribution in [3.8, 4) is 0 Å². The summed E-state index contributed by atoms with van der Waals surface area (Å²) in [5.74, 6) is 0.446. The van der Waals surface area contributed by atoms with Crippen molar-refractivity contribution in [2.45, 2.75) is 58.1 Å². The number of carbonyl (C=O) groups is 1. The van der Waals surface area contributed by atoms with E-state index in [1.54, 1.807) is 0 Å². The molecule has 4 rings (SSSR count). The summed E-state index contributed by atoms with van der Waals surface area (Å²) >= 11 is 0. The minimum absolute atomic E-state index is 0.257. The number of aromatic nitrogens is 1. The van der Waals surface area contributed by atoms with Gasteiger partial charge in [0.1, 0.15) is 5.60 Å². The Morgan fingerprint density at radius 1 is 1.00 bits per heavy atom. The van der Waals surface area contributed by atoms with Crippen molar-refractivity contribution >= 4 is 16.9 Å². The molecule has 1 saturated carbocycles. The lowest BCUT2D eigenvalue weighted by Crippen LogP contribution is -2.25. The smallest absolute Gasteiger partial charge is 0.341 e. The highest BCUT2D eigenvalue weighted by molar-refractivity contribution is 6.04. The van der Waals surface area contributed by atoms with Crippen molar-refractivity contribution in [1.82, 2.24) is 4.57 Å². The van der Waals surface area contributed by atoms with Crippen molar-refractivity contribution in [2.75, 3.05) is 0 Å². The first-order valence-electron chi connectivity index (χ1n) is 10.4. The van der Waals surface area contributed by atoms with Gasteiger partial charge < -0.3 is 9.30 Å². The van der Waals surface area contributed by atoms with E-state index in [-0.39, 0.29) is 5.97 Å². The van der Waals surface area contributed by atoms with Crippen LogP contribution in [0.5, 0.6) is 0 Å². The third-order valence-electron chi connectivity index (χ3n) is 6.00. The molecule has 0 atom stereocenters. The van der Waals surface area contributed by atoms with E-state index in [1.165, 1.54) is 32.1 Å². The Hall–Kier alpha value is -2.55. The first-order valence-corrected chi connectivity index (χ1v) is 10.4. The van der Waals surface area contributed by atoms with Gasteiger partial charge >= 0.3 is 5.97 Å². The minimum atomic E-state index is -0.676. The number of hydrogen-bond acceptors (Lipinski definition) is 2. The zero-order valence-electron chi connectivity index (χ0n) is 16.9. The van der Waals surface area contributed by atoms with Crippen LogP contribution in [0.4, 0.5) is 0 Å². The second-order valence-electron chi connectivity index (χ2n) is 8.48. The molecule has 146 valence electrons. The van der Waals surface area contributed by atoms with E-state index in [2.05, 4.69) is 10.6 Å². The van der Waals surface area contributed by atoms with Gasteiger partial charge in [-0.3, -0.25) is 0 Å². The molecule has 1 heterocycles. The molecule has 0 aliphatic heterocycles. The van der Waals surface area contributed by atoms with Crippen molar-refractivity contribution in [2.24, 2.45) is 5.92 Å². The van der Waals surface area contributed by atoms with Crippen molar-refractivity contribution in [3.05, 3.63) is 71.9 Å². The number of nitrogens with zero attached hydrogens (tertiary/aromatic N) is 1. The number of ether oxygens (including phenoxy) is 1. The van der Waals surface area contributed by atoms with Gasteiger partial charge in [-0.25, -0.2) is 4.79 Å². The second-order valence-corrected chi connectivity index (χ2v) is 8.48. The summed E-state index contributed by atoms with van der Waals surface area (Å²) in [7, 11) is 0. The van der Waals surface area contributed by atoms with E-state index < -0.39 is 5.60 Å². The maximum absolute atomic E-state index is 13.1. The van der Waals surface area contributed by atoms with Crippen LogP contribution in [0.2, 0.25) is 0 Å². The van der Waals surface area contributed by atoms with Gasteiger partial charge in [0.05, 0.1) is 5.56 Å². The second kappa shape index (κ2) is 7.83. The van der Waals surface area contributed by atoms with Crippen LogP contribution in [-0.2, 0) is 16.9 Å². The Morgan fingerprint density at radius 2 is 1.68 bits per heavy atom. The van der Waals surface area contributed by atoms with Crippen molar-refractivity contribution in [1.29, 1.82) is 0 Å². The summed E-state index contributed by atoms with van der Waals surface area (Å²) in [5.41, 5.74) is 2.10. The van der Waals surface area contributed by atoms with Crippen molar-refractivity contribution in [3.63, 3.8) is 0 Å². The predicted octanol–water partition coefficient (Wildman–Crippen LogP) is 6.31. The Morgan fingerprint density at radius 3 is 2.43 bits per heavy atom. The van der Waals surface area contributed by atoms with Crippen LogP contribution in [0, 0.1) is 5.92 Å². The highest BCUT2D eigenvalue weighted by Gasteiger charge is 2.28. The lowest BCUT2D eigenvalue weighted by atomic mass is 9.89. The molecule has 2 aromatic carbocycles. The van der Waals surface area contributed by atoms with Gasteiger partial charge in [-0.1, -0.05) is 67.8 Å². The molecule has 1 aliphatic carbocycles. The zero-order chi connectivity index (χ0) is 19.6. The summed E-state index contributed by atoms with van der Waals surface area (Å²) in [6.45, 7) is 4.87. The molecule has 3 aromatic rings. The average molecular weight is 376 g/mol. The van der Waals surface area contributed by atoms with Crippen molar-refractivity contribution < 1.29 is 9.53 Å². The Bertz CT molecular complexity index is 949. The summed E-state index contributed by atoms with van der Waals surface area (Å²) in [5, 5.41) is 0.979. The molecule has 0 unspecified atom stereocenters. The quantitative estimate of drug-likeness (QED) is 0.489. The van der Waals surface area contributed by atoms with E-state index in [1.807, 2.05) is 68.6 Å². The van der Waals surface area contributed by atoms with Crippen LogP contribution in [0.15, 0.2) is 60.8 Å². The fourth-order valence-corrected chi connectivity index (χ4v) is 4.39. The molecule has 0 N–H and O–H groups in total. The number of benzene rings is 2. The molecule has 1 fully saturated rings. The summed E-state index contributed by atoms with van der Waals surface area (Å²) in [4.78, 5) is 13.1. The molecule has 0 radical (unpaired) electrons. The summed E-state index contributed by atoms with van der Waals surface area (Å²) in [6.07, 6.45) is 8.58. The average Bonchev–Trinajstić information content (AvgIpc) is 3.08. The lowest BCUT2D eigenvalue weighted by molar-refractivity contribution is -0.00293. The first kappa shape index (κ1) is 18.8. The van der Waals surface area contributed by atoms with E-state index in [4.69, 9.17) is 4.74 Å². The molecule has 1 aliphatic rings. The topological polar surface area (TPSA) is 31.2 Å². The molecule has 28 heavy (non-hydrogen) atoms. The monoisotopic (exact) mass is 375 g/mol. The largest absolute Gasteiger partial charge is 0.451 e. The fraction of sp³-hybridized carbons (Fsp3) is 0.400. The minimum Gasteiger partial charge on any atom is -0.451 e. The molecule has 0 spiro atoms. The van der Waals surface area contributed by atoms with Crippen LogP contribution in [0.1, 0.15) is 61.9 Å². The maximum Gasteiger partial charge on any atom is 0.341 e. The molecule has 1 aromatic heterocycles. The standard InChI is InChI=1S/C25H29NO2/c1-25(2,20-13-7-4-8-14-20)28-24(27)22-18-26(17-19-11-5-3-6-12-19)23-16-10-9-15-21(22)23/h4,7-10,13-16,18-19H,3,5-6,11-12,17H2,1-2H3. The number of hydrogen-bond donors (Lipinski definition) is 0. The van der Waals surface area contributed by atoms with Crippen LogP contribution in [-0.4, -0.2) is 10.5 Å². The molecular weight excluding hydrogens is 346 g/mol. The molecular formula is C25H29NO2. The van der Waals surface area contributed by atoms with Gasteiger partial charge in [0.15, 0.2) is 0 Å². The Balaban J connectivity index is 1.62.